The molecule has 40 heavy (non-hydrogen) atoms. The Morgan fingerprint density at radius 3 is 2.23 bits per heavy atom. The molecule has 2 saturated heterocycles. The van der Waals surface area contributed by atoms with Crippen molar-refractivity contribution in [2.75, 3.05) is 26.2 Å². The van der Waals surface area contributed by atoms with Gasteiger partial charge in [0.05, 0.1) is 20.6 Å². The standard InChI is InChI=1S/C27H31Cl2N5O5S/c1-18-16-26(35)34(30-18)20-2-5-23(6-3-20)40(37,38)31-27(36)33-12-8-19(9-13-33)32-14-10-21(11-15-32)39-22-4-7-24(28)25(29)17-22/h2-7,16-17,19,21,30H,8-15H2,1H3,(H,31,36). The van der Waals surface area contributed by atoms with Crippen LogP contribution in [0.5, 0.6) is 5.75 Å². The number of nitrogens with one attached hydrogen (secondary N) is 2. The molecule has 3 heterocycles. The number of ether oxygens (including phenoxy) is 1. The van der Waals surface area contributed by atoms with Crippen molar-refractivity contribution in [3.63, 3.8) is 0 Å². The second-order valence-corrected chi connectivity index (χ2v) is 12.7. The smallest absolute Gasteiger partial charge is 0.331 e. The lowest BCUT2D eigenvalue weighted by Gasteiger charge is -2.41. The zero-order valence-electron chi connectivity index (χ0n) is 22.0. The summed E-state index contributed by atoms with van der Waals surface area (Å²) in [5, 5.41) is 3.87. The molecule has 0 atom stereocenters. The minimum atomic E-state index is -4.06. The highest BCUT2D eigenvalue weighted by Gasteiger charge is 2.31. The Morgan fingerprint density at radius 2 is 1.62 bits per heavy atom. The molecule has 2 aliphatic rings. The summed E-state index contributed by atoms with van der Waals surface area (Å²) >= 11 is 12.1. The molecule has 2 aliphatic heterocycles. The number of rotatable bonds is 6. The van der Waals surface area contributed by atoms with E-state index < -0.39 is 16.1 Å². The predicted molar refractivity (Wildman–Crippen MR) is 153 cm³/mol. The molecule has 0 aliphatic carbocycles. The monoisotopic (exact) mass is 607 g/mol. The number of hydrogen-bond acceptors (Lipinski definition) is 6. The van der Waals surface area contributed by atoms with Gasteiger partial charge in [-0.2, -0.15) is 0 Å². The number of aromatic amines is 1. The van der Waals surface area contributed by atoms with Crippen LogP contribution in [0.2, 0.25) is 10.0 Å². The summed E-state index contributed by atoms with van der Waals surface area (Å²) in [7, 11) is -4.06. The molecule has 2 aromatic carbocycles. The molecule has 13 heteroatoms. The molecule has 0 spiro atoms. The molecular weight excluding hydrogens is 577 g/mol. The van der Waals surface area contributed by atoms with Crippen LogP contribution in [0.1, 0.15) is 31.4 Å². The van der Waals surface area contributed by atoms with E-state index in [1.165, 1.54) is 35.0 Å². The third-order valence-electron chi connectivity index (χ3n) is 7.41. The number of sulfonamides is 1. The number of carbonyl (C=O) groups is 1. The minimum absolute atomic E-state index is 0.0539. The third kappa shape index (κ3) is 6.49. The van der Waals surface area contributed by atoms with Crippen molar-refractivity contribution in [3.05, 3.63) is 74.6 Å². The third-order valence-corrected chi connectivity index (χ3v) is 9.49. The number of aryl methyl sites for hydroxylation is 1. The zero-order chi connectivity index (χ0) is 28.4. The Morgan fingerprint density at radius 1 is 0.950 bits per heavy atom. The number of carbonyl (C=O) groups excluding carboxylic acids is 1. The highest BCUT2D eigenvalue weighted by atomic mass is 35.5. The van der Waals surface area contributed by atoms with Gasteiger partial charge in [-0.25, -0.2) is 22.6 Å². The van der Waals surface area contributed by atoms with E-state index in [1.54, 1.807) is 24.0 Å². The van der Waals surface area contributed by atoms with E-state index in [0.717, 1.165) is 38.8 Å². The zero-order valence-corrected chi connectivity index (χ0v) is 24.3. The molecule has 0 radical (unpaired) electrons. The van der Waals surface area contributed by atoms with Gasteiger partial charge in [0.1, 0.15) is 11.9 Å². The number of likely N-dealkylation sites (tertiary alicyclic amines) is 2. The molecule has 10 nitrogen and oxygen atoms in total. The average molecular weight is 609 g/mol. The van der Waals surface area contributed by atoms with Crippen molar-refractivity contribution in [2.24, 2.45) is 0 Å². The minimum Gasteiger partial charge on any atom is -0.490 e. The number of urea groups is 1. The number of amides is 2. The van der Waals surface area contributed by atoms with Gasteiger partial charge in [0.2, 0.25) is 0 Å². The SMILES string of the molecule is Cc1cc(=O)n(-c2ccc(S(=O)(=O)NC(=O)N3CCC(N4CCC(Oc5ccc(Cl)c(Cl)c5)CC4)CC3)cc2)[nH]1. The molecule has 1 aromatic heterocycles. The topological polar surface area (TPSA) is 117 Å². The van der Waals surface area contributed by atoms with Crippen LogP contribution in [0.4, 0.5) is 4.79 Å². The maximum atomic E-state index is 12.8. The number of piperidine rings is 2. The van der Waals surface area contributed by atoms with Crippen LogP contribution in [0.3, 0.4) is 0 Å². The van der Waals surface area contributed by atoms with Crippen LogP contribution in [-0.2, 0) is 10.0 Å². The highest BCUT2D eigenvalue weighted by molar-refractivity contribution is 7.90. The van der Waals surface area contributed by atoms with Gasteiger partial charge in [-0.15, -0.1) is 0 Å². The summed E-state index contributed by atoms with van der Waals surface area (Å²) in [6, 6.07) is 12.2. The quantitative estimate of drug-likeness (QED) is 0.434. The molecule has 2 N–H and O–H groups in total. The fraction of sp³-hybridized carbons (Fsp3) is 0.407. The lowest BCUT2D eigenvalue weighted by Crippen LogP contribution is -2.52. The molecule has 3 aromatic rings. The molecule has 2 fully saturated rings. The van der Waals surface area contributed by atoms with Gasteiger partial charge in [0.25, 0.3) is 15.6 Å². The summed E-state index contributed by atoms with van der Waals surface area (Å²) in [6.45, 7) is 4.48. The van der Waals surface area contributed by atoms with E-state index in [4.69, 9.17) is 27.9 Å². The number of benzene rings is 2. The Kier molecular flexibility index (Phi) is 8.46. The van der Waals surface area contributed by atoms with Gasteiger partial charge in [-0.3, -0.25) is 14.8 Å². The van der Waals surface area contributed by atoms with Crippen LogP contribution >= 0.6 is 23.2 Å². The van der Waals surface area contributed by atoms with E-state index in [-0.39, 0.29) is 16.6 Å². The number of halogens is 2. The van der Waals surface area contributed by atoms with Gasteiger partial charge in [-0.05, 0) is 69.0 Å². The molecule has 0 saturated carbocycles. The van der Waals surface area contributed by atoms with Crippen LogP contribution in [-0.4, -0.2) is 72.4 Å². The van der Waals surface area contributed by atoms with E-state index in [2.05, 4.69) is 14.7 Å². The first-order valence-electron chi connectivity index (χ1n) is 13.2. The fourth-order valence-corrected chi connectivity index (χ4v) is 6.51. The van der Waals surface area contributed by atoms with Crippen molar-refractivity contribution in [1.29, 1.82) is 0 Å². The van der Waals surface area contributed by atoms with Crippen molar-refractivity contribution in [2.45, 2.75) is 49.6 Å². The molecular formula is C27H31Cl2N5O5S. The molecule has 5 rings (SSSR count). The van der Waals surface area contributed by atoms with Gasteiger partial charge in [0.15, 0.2) is 0 Å². The number of aromatic nitrogens is 2. The Bertz CT molecular complexity index is 1520. The molecule has 214 valence electrons. The van der Waals surface area contributed by atoms with Crippen LogP contribution < -0.4 is 15.0 Å². The summed E-state index contributed by atoms with van der Waals surface area (Å²) in [4.78, 5) is 28.7. The van der Waals surface area contributed by atoms with Gasteiger partial charge < -0.3 is 9.64 Å². The highest BCUT2D eigenvalue weighted by Crippen LogP contribution is 2.29. The summed E-state index contributed by atoms with van der Waals surface area (Å²) in [5.74, 6) is 0.712. The summed E-state index contributed by atoms with van der Waals surface area (Å²) in [6.07, 6.45) is 3.41. The summed E-state index contributed by atoms with van der Waals surface area (Å²) < 4.78 is 35.3. The molecule has 0 bridgehead atoms. The Hall–Kier alpha value is -2.99. The van der Waals surface area contributed by atoms with Crippen molar-refractivity contribution < 1.29 is 17.9 Å². The fourth-order valence-electron chi connectivity index (χ4n) is 5.25. The lowest BCUT2D eigenvalue weighted by molar-refractivity contribution is 0.0540. The van der Waals surface area contributed by atoms with E-state index in [1.807, 2.05) is 6.07 Å². The Balaban J connectivity index is 1.09. The van der Waals surface area contributed by atoms with Crippen molar-refractivity contribution >= 4 is 39.3 Å². The first-order valence-corrected chi connectivity index (χ1v) is 15.4. The van der Waals surface area contributed by atoms with Crippen LogP contribution in [0.25, 0.3) is 5.69 Å². The van der Waals surface area contributed by atoms with Gasteiger partial charge in [-0.1, -0.05) is 23.2 Å². The Labute approximate surface area is 242 Å². The number of nitrogens with zero attached hydrogens (tertiary/aromatic N) is 3. The predicted octanol–water partition coefficient (Wildman–Crippen LogP) is 4.19. The second kappa shape index (κ2) is 11.9. The largest absolute Gasteiger partial charge is 0.490 e. The van der Waals surface area contributed by atoms with E-state index >= 15 is 0 Å². The second-order valence-electron chi connectivity index (χ2n) is 10.2. The normalized spacial score (nSPS) is 17.6. The first-order chi connectivity index (χ1) is 19.1. The lowest BCUT2D eigenvalue weighted by atomic mass is 9.99. The first kappa shape index (κ1) is 28.5. The number of hydrogen-bond donors (Lipinski definition) is 2. The van der Waals surface area contributed by atoms with E-state index in [0.29, 0.717) is 46.3 Å². The van der Waals surface area contributed by atoms with E-state index in [9.17, 15) is 18.0 Å². The maximum absolute atomic E-state index is 12.8. The van der Waals surface area contributed by atoms with Crippen LogP contribution in [0, 0.1) is 6.92 Å². The van der Waals surface area contributed by atoms with Crippen molar-refractivity contribution in [3.8, 4) is 11.4 Å². The van der Waals surface area contributed by atoms with Gasteiger partial charge >= 0.3 is 6.03 Å². The van der Waals surface area contributed by atoms with Gasteiger partial charge in [0, 0.05) is 50.0 Å². The number of H-pyrrole nitrogens is 1. The molecule has 0 unspecified atom stereocenters. The molecule has 2 amide bonds. The average Bonchev–Trinajstić information content (AvgIpc) is 3.28. The van der Waals surface area contributed by atoms with Crippen LogP contribution in [0.15, 0.2) is 58.2 Å². The van der Waals surface area contributed by atoms with Crippen molar-refractivity contribution in [1.82, 2.24) is 24.3 Å². The maximum Gasteiger partial charge on any atom is 0.331 e. The summed E-state index contributed by atoms with van der Waals surface area (Å²) in [5.41, 5.74) is 0.942.